The second kappa shape index (κ2) is 19.3. The number of piperidine rings is 2. The normalized spacial score (nSPS) is 18.5. The second-order valence-corrected chi connectivity index (χ2v) is 17.1. The number of aromatic nitrogens is 3. The van der Waals surface area contributed by atoms with Crippen LogP contribution < -0.4 is 9.47 Å². The van der Waals surface area contributed by atoms with E-state index in [1.165, 1.54) is 0 Å². The molecule has 328 valence electrons. The standard InChI is InChI=1S/C25H32N4O2.C22H28F3N3O2/c1-4-28(17-19-7-11-26-12-8-19)25(30)24-16-20-15-22(5-6-23(20)27-24)31-21-9-13-29(14-10-21)18(2)3;1-14(2)27-10-7-16(8-11-27)30-17-5-6-18-15(12-17)13-19(26-18)21(29)28-9-3-4-20(28)22(23,24)25/h5-8,11-12,15-16,18,21,27H,4,9-10,13-14,17H2,1-3H3;5-6,12-14,16,20,26H,3-4,7-11H2,1-2H3/t;20-/m.0/s1. The molecule has 3 aliphatic heterocycles. The van der Waals surface area contributed by atoms with Gasteiger partial charge in [0, 0.05) is 92.1 Å². The van der Waals surface area contributed by atoms with Crippen molar-refractivity contribution in [3.63, 3.8) is 0 Å². The molecule has 11 nitrogen and oxygen atoms in total. The van der Waals surface area contributed by atoms with Crippen LogP contribution in [-0.2, 0) is 6.54 Å². The van der Waals surface area contributed by atoms with Gasteiger partial charge in [-0.3, -0.25) is 14.6 Å². The number of fused-ring (bicyclic) bond motifs is 2. The number of rotatable bonds is 11. The summed E-state index contributed by atoms with van der Waals surface area (Å²) in [5.41, 5.74) is 3.52. The molecule has 0 radical (unpaired) electrons. The number of nitrogens with one attached hydrogen (secondary N) is 2. The molecule has 3 aliphatic rings. The van der Waals surface area contributed by atoms with Crippen molar-refractivity contribution in [2.24, 2.45) is 0 Å². The number of likely N-dealkylation sites (tertiary alicyclic amines) is 3. The van der Waals surface area contributed by atoms with Gasteiger partial charge in [0.15, 0.2) is 0 Å². The maximum absolute atomic E-state index is 13.2. The lowest BCUT2D eigenvalue weighted by molar-refractivity contribution is -0.169. The van der Waals surface area contributed by atoms with Gasteiger partial charge >= 0.3 is 6.18 Å². The highest BCUT2D eigenvalue weighted by atomic mass is 19.4. The fourth-order valence-corrected chi connectivity index (χ4v) is 8.71. The lowest BCUT2D eigenvalue weighted by Crippen LogP contribution is -2.44. The molecule has 61 heavy (non-hydrogen) atoms. The molecule has 1 atom stereocenters. The van der Waals surface area contributed by atoms with E-state index in [0.717, 1.165) is 90.1 Å². The van der Waals surface area contributed by atoms with Crippen LogP contribution in [0, 0.1) is 0 Å². The van der Waals surface area contributed by atoms with Gasteiger partial charge in [0.25, 0.3) is 11.8 Å². The van der Waals surface area contributed by atoms with Crippen LogP contribution in [0.5, 0.6) is 11.5 Å². The van der Waals surface area contributed by atoms with E-state index in [4.69, 9.17) is 9.47 Å². The van der Waals surface area contributed by atoms with E-state index in [2.05, 4.69) is 52.4 Å². The molecule has 2 amide bonds. The molecule has 0 bridgehead atoms. The van der Waals surface area contributed by atoms with E-state index < -0.39 is 18.1 Å². The van der Waals surface area contributed by atoms with Crippen LogP contribution in [0.25, 0.3) is 21.8 Å². The molecule has 0 saturated carbocycles. The van der Waals surface area contributed by atoms with Gasteiger partial charge in [-0.1, -0.05) is 0 Å². The minimum Gasteiger partial charge on any atom is -0.490 e. The number of pyridine rings is 1. The predicted octanol–water partition coefficient (Wildman–Crippen LogP) is 9.06. The van der Waals surface area contributed by atoms with Crippen LogP contribution >= 0.6 is 0 Å². The largest absolute Gasteiger partial charge is 0.490 e. The van der Waals surface area contributed by atoms with Crippen molar-refractivity contribution < 1.29 is 32.2 Å². The van der Waals surface area contributed by atoms with Crippen molar-refractivity contribution in [3.05, 3.63) is 90.0 Å². The maximum Gasteiger partial charge on any atom is 0.408 e. The van der Waals surface area contributed by atoms with E-state index in [9.17, 15) is 22.8 Å². The summed E-state index contributed by atoms with van der Waals surface area (Å²) in [6, 6.07) is 18.4. The number of aromatic amines is 2. The minimum absolute atomic E-state index is 0.000891. The summed E-state index contributed by atoms with van der Waals surface area (Å²) >= 11 is 0. The topological polar surface area (TPSA) is 110 Å². The zero-order valence-corrected chi connectivity index (χ0v) is 36.0. The first kappa shape index (κ1) is 44.0. The number of carbonyl (C=O) groups excluding carboxylic acids is 2. The average molecular weight is 844 g/mol. The molecule has 6 heterocycles. The molecule has 8 rings (SSSR count). The van der Waals surface area contributed by atoms with Crippen molar-refractivity contribution in [2.45, 2.75) is 116 Å². The van der Waals surface area contributed by atoms with Gasteiger partial charge in [0.05, 0.1) is 0 Å². The average Bonchev–Trinajstić information content (AvgIpc) is 4.02. The number of H-pyrrole nitrogens is 2. The van der Waals surface area contributed by atoms with Crippen molar-refractivity contribution in [2.75, 3.05) is 39.3 Å². The van der Waals surface area contributed by atoms with Gasteiger partial charge in [-0.25, -0.2) is 0 Å². The Morgan fingerprint density at radius 3 is 1.74 bits per heavy atom. The van der Waals surface area contributed by atoms with E-state index >= 15 is 0 Å². The maximum atomic E-state index is 13.2. The number of carbonyl (C=O) groups is 2. The summed E-state index contributed by atoms with van der Waals surface area (Å²) in [5, 5.41) is 1.76. The van der Waals surface area contributed by atoms with E-state index in [1.54, 1.807) is 18.5 Å². The van der Waals surface area contributed by atoms with E-state index in [1.807, 2.05) is 66.4 Å². The molecule has 0 aliphatic carbocycles. The number of halogens is 3. The number of ether oxygens (including phenoxy) is 2. The molecule has 0 spiro atoms. The smallest absolute Gasteiger partial charge is 0.408 e. The van der Waals surface area contributed by atoms with Crippen LogP contribution in [0.2, 0.25) is 0 Å². The molecule has 14 heteroatoms. The fourth-order valence-electron chi connectivity index (χ4n) is 8.71. The van der Waals surface area contributed by atoms with Gasteiger partial charge in [-0.15, -0.1) is 0 Å². The second-order valence-electron chi connectivity index (χ2n) is 17.1. The zero-order chi connectivity index (χ0) is 43.3. The quantitative estimate of drug-likeness (QED) is 0.137. The first-order valence-corrected chi connectivity index (χ1v) is 21.9. The van der Waals surface area contributed by atoms with Crippen LogP contribution in [0.3, 0.4) is 0 Å². The number of nitrogens with zero attached hydrogens (tertiary/aromatic N) is 5. The lowest BCUT2D eigenvalue weighted by atomic mass is 10.1. The van der Waals surface area contributed by atoms with Gasteiger partial charge < -0.3 is 39.0 Å². The third-order valence-electron chi connectivity index (χ3n) is 12.3. The summed E-state index contributed by atoms with van der Waals surface area (Å²) in [7, 11) is 0. The molecular formula is C47H60F3N7O4. The van der Waals surface area contributed by atoms with Gasteiger partial charge in [-0.2, -0.15) is 13.2 Å². The Bertz CT molecular complexity index is 2220. The fraction of sp³-hybridized carbons (Fsp3) is 0.511. The summed E-state index contributed by atoms with van der Waals surface area (Å²) in [6.45, 7) is 16.4. The Labute approximate surface area is 356 Å². The van der Waals surface area contributed by atoms with Gasteiger partial charge in [-0.05, 0) is 139 Å². The Morgan fingerprint density at radius 1 is 0.738 bits per heavy atom. The van der Waals surface area contributed by atoms with Crippen LogP contribution in [0.1, 0.15) is 99.7 Å². The lowest BCUT2D eigenvalue weighted by Gasteiger charge is -2.34. The molecular weight excluding hydrogens is 784 g/mol. The highest BCUT2D eigenvalue weighted by Crippen LogP contribution is 2.34. The summed E-state index contributed by atoms with van der Waals surface area (Å²) in [6.07, 6.45) is 3.85. The zero-order valence-electron chi connectivity index (χ0n) is 36.0. The van der Waals surface area contributed by atoms with Crippen molar-refractivity contribution in [3.8, 4) is 11.5 Å². The summed E-state index contributed by atoms with van der Waals surface area (Å²) in [4.78, 5) is 43.8. The monoisotopic (exact) mass is 843 g/mol. The molecule has 3 aromatic heterocycles. The van der Waals surface area contributed by atoms with Crippen LogP contribution in [0.4, 0.5) is 13.2 Å². The number of alkyl halides is 3. The third kappa shape index (κ3) is 10.9. The molecule has 3 fully saturated rings. The summed E-state index contributed by atoms with van der Waals surface area (Å²) < 4.78 is 52.0. The number of hydrogen-bond acceptors (Lipinski definition) is 7. The first-order valence-electron chi connectivity index (χ1n) is 21.9. The molecule has 2 aromatic carbocycles. The first-order chi connectivity index (χ1) is 29.2. The van der Waals surface area contributed by atoms with Crippen molar-refractivity contribution in [1.29, 1.82) is 0 Å². The Morgan fingerprint density at radius 2 is 1.25 bits per heavy atom. The Kier molecular flexibility index (Phi) is 13.9. The Balaban J connectivity index is 0.000000184. The number of hydrogen-bond donors (Lipinski definition) is 2. The number of amides is 2. The highest BCUT2D eigenvalue weighted by Gasteiger charge is 2.48. The molecule has 3 saturated heterocycles. The van der Waals surface area contributed by atoms with E-state index in [-0.39, 0.29) is 36.8 Å². The SMILES string of the molecule is CC(C)N1CCC(Oc2ccc3[nH]c(C(=O)N4CCC[C@H]4C(F)(F)F)cc3c2)CC1.CCN(Cc1ccncc1)C(=O)c1cc2cc(OC3CCN(C(C)C)CC3)ccc2[nH]1. The van der Waals surface area contributed by atoms with Crippen molar-refractivity contribution in [1.82, 2.24) is 34.6 Å². The minimum atomic E-state index is -4.40. The predicted molar refractivity (Wildman–Crippen MR) is 232 cm³/mol. The molecule has 0 unspecified atom stereocenters. The van der Waals surface area contributed by atoms with Gasteiger partial charge in [0.2, 0.25) is 0 Å². The highest BCUT2D eigenvalue weighted by molar-refractivity contribution is 5.99. The van der Waals surface area contributed by atoms with Crippen molar-refractivity contribution >= 4 is 33.6 Å². The third-order valence-corrected chi connectivity index (χ3v) is 12.3. The summed E-state index contributed by atoms with van der Waals surface area (Å²) in [5.74, 6) is 0.990. The van der Waals surface area contributed by atoms with E-state index in [0.29, 0.717) is 42.8 Å². The van der Waals surface area contributed by atoms with Crippen LogP contribution in [0.15, 0.2) is 73.1 Å². The number of benzene rings is 2. The molecule has 2 N–H and O–H groups in total. The van der Waals surface area contributed by atoms with Crippen LogP contribution in [-0.4, -0.2) is 122 Å². The molecule has 5 aromatic rings. The Hall–Kier alpha value is -5.08. The van der Waals surface area contributed by atoms with Gasteiger partial charge in [0.1, 0.15) is 41.1 Å².